The van der Waals surface area contributed by atoms with Crippen LogP contribution in [-0.2, 0) is 6.54 Å². The van der Waals surface area contributed by atoms with Crippen LogP contribution in [0.15, 0.2) is 48.5 Å². The summed E-state index contributed by atoms with van der Waals surface area (Å²) in [7, 11) is 0. The second kappa shape index (κ2) is 6.61. The smallest absolute Gasteiger partial charge is 0.202 e. The van der Waals surface area contributed by atoms with Gasteiger partial charge in [-0.2, -0.15) is 0 Å². The van der Waals surface area contributed by atoms with Gasteiger partial charge in [0.2, 0.25) is 5.95 Å². The summed E-state index contributed by atoms with van der Waals surface area (Å²) in [5.41, 5.74) is 3.15. The molecule has 4 nitrogen and oxygen atoms in total. The van der Waals surface area contributed by atoms with Crippen molar-refractivity contribution in [2.24, 2.45) is 0 Å². The number of H-pyrrole nitrogens is 1. The van der Waals surface area contributed by atoms with E-state index in [1.165, 1.54) is 25.0 Å². The van der Waals surface area contributed by atoms with Crippen molar-refractivity contribution in [3.05, 3.63) is 59.9 Å². The number of fused-ring (bicyclic) bond motifs is 1. The first-order valence-corrected chi connectivity index (χ1v) is 8.48. The van der Waals surface area contributed by atoms with Crippen LogP contribution in [0.1, 0.15) is 24.8 Å². The minimum atomic E-state index is -0.186. The standard InChI is InChI=1S/C19H21FN4/c20-15-10-8-14(9-11-15)13-24-12-4-3-7-18(24)23-19-21-16-5-1-2-6-17(16)22-19/h1-2,5-6,8-11,18H,3-4,7,12-13H2,(H2,21,22,23). The molecule has 1 atom stereocenters. The van der Waals surface area contributed by atoms with Crippen LogP contribution in [-0.4, -0.2) is 27.6 Å². The van der Waals surface area contributed by atoms with E-state index in [0.717, 1.165) is 42.1 Å². The Hall–Kier alpha value is -2.40. The van der Waals surface area contributed by atoms with Crippen LogP contribution < -0.4 is 5.32 Å². The number of hydrogen-bond acceptors (Lipinski definition) is 3. The van der Waals surface area contributed by atoms with Gasteiger partial charge >= 0.3 is 0 Å². The third kappa shape index (κ3) is 3.26. The summed E-state index contributed by atoms with van der Waals surface area (Å²) in [6.07, 6.45) is 3.72. The predicted octanol–water partition coefficient (Wildman–Crippen LogP) is 4.13. The Morgan fingerprint density at radius 1 is 1.12 bits per heavy atom. The average molecular weight is 324 g/mol. The van der Waals surface area contributed by atoms with Gasteiger partial charge in [0.25, 0.3) is 0 Å². The molecule has 1 aliphatic heterocycles. The van der Waals surface area contributed by atoms with Gasteiger partial charge in [0.1, 0.15) is 5.82 Å². The van der Waals surface area contributed by atoms with E-state index in [1.54, 1.807) is 0 Å². The quantitative estimate of drug-likeness (QED) is 0.758. The molecule has 0 saturated carbocycles. The Morgan fingerprint density at radius 2 is 1.96 bits per heavy atom. The number of anilines is 1. The zero-order valence-electron chi connectivity index (χ0n) is 13.5. The maximum atomic E-state index is 13.1. The largest absolute Gasteiger partial charge is 0.340 e. The first-order valence-electron chi connectivity index (χ1n) is 8.48. The highest BCUT2D eigenvalue weighted by Gasteiger charge is 2.23. The van der Waals surface area contributed by atoms with Crippen molar-refractivity contribution in [2.75, 3.05) is 11.9 Å². The maximum absolute atomic E-state index is 13.1. The molecule has 1 aromatic heterocycles. The third-order valence-electron chi connectivity index (χ3n) is 4.61. The highest BCUT2D eigenvalue weighted by molar-refractivity contribution is 5.77. The number of hydrogen-bond donors (Lipinski definition) is 2. The van der Waals surface area contributed by atoms with Gasteiger partial charge < -0.3 is 10.3 Å². The molecule has 2 heterocycles. The monoisotopic (exact) mass is 324 g/mol. The van der Waals surface area contributed by atoms with Crippen molar-refractivity contribution in [1.29, 1.82) is 0 Å². The summed E-state index contributed by atoms with van der Waals surface area (Å²) in [5.74, 6) is 0.626. The number of rotatable bonds is 4. The van der Waals surface area contributed by atoms with Crippen LogP contribution in [0.2, 0.25) is 0 Å². The third-order valence-corrected chi connectivity index (χ3v) is 4.61. The number of nitrogens with one attached hydrogen (secondary N) is 2. The molecule has 1 fully saturated rings. The van der Waals surface area contributed by atoms with E-state index in [1.807, 2.05) is 36.4 Å². The zero-order valence-corrected chi connectivity index (χ0v) is 13.5. The number of nitrogens with zero attached hydrogens (tertiary/aromatic N) is 2. The van der Waals surface area contributed by atoms with Gasteiger partial charge in [-0.15, -0.1) is 0 Å². The van der Waals surface area contributed by atoms with E-state index >= 15 is 0 Å². The van der Waals surface area contributed by atoms with Crippen molar-refractivity contribution >= 4 is 17.0 Å². The molecule has 2 N–H and O–H groups in total. The summed E-state index contributed by atoms with van der Waals surface area (Å²) in [6.45, 7) is 1.85. The van der Waals surface area contributed by atoms with Crippen LogP contribution in [0.5, 0.6) is 0 Å². The Bertz CT molecular complexity index is 779. The number of para-hydroxylation sites is 2. The van der Waals surface area contributed by atoms with Crippen molar-refractivity contribution in [2.45, 2.75) is 32.0 Å². The molecule has 24 heavy (non-hydrogen) atoms. The molecule has 0 bridgehead atoms. The average Bonchev–Trinajstić information content (AvgIpc) is 3.01. The lowest BCUT2D eigenvalue weighted by atomic mass is 10.1. The van der Waals surface area contributed by atoms with Crippen LogP contribution >= 0.6 is 0 Å². The summed E-state index contributed by atoms with van der Waals surface area (Å²) < 4.78 is 13.1. The first-order chi connectivity index (χ1) is 11.8. The zero-order chi connectivity index (χ0) is 16.4. The highest BCUT2D eigenvalue weighted by Crippen LogP contribution is 2.22. The number of piperidine rings is 1. The van der Waals surface area contributed by atoms with Gasteiger partial charge in [-0.05, 0) is 49.1 Å². The van der Waals surface area contributed by atoms with Gasteiger partial charge in [-0.3, -0.25) is 4.90 Å². The number of imidazole rings is 1. The fourth-order valence-electron chi connectivity index (χ4n) is 3.35. The van der Waals surface area contributed by atoms with Crippen molar-refractivity contribution < 1.29 is 4.39 Å². The minimum absolute atomic E-state index is 0.186. The van der Waals surface area contributed by atoms with Gasteiger partial charge in [0.05, 0.1) is 17.2 Å². The van der Waals surface area contributed by atoms with E-state index in [2.05, 4.69) is 20.2 Å². The molecule has 0 aliphatic carbocycles. The van der Waals surface area contributed by atoms with Gasteiger partial charge in [-0.1, -0.05) is 24.3 Å². The molecule has 124 valence electrons. The highest BCUT2D eigenvalue weighted by atomic mass is 19.1. The summed E-state index contributed by atoms with van der Waals surface area (Å²) in [4.78, 5) is 10.4. The number of aromatic nitrogens is 2. The first kappa shape index (κ1) is 15.1. The Morgan fingerprint density at radius 3 is 2.79 bits per heavy atom. The number of likely N-dealkylation sites (tertiary alicyclic amines) is 1. The Balaban J connectivity index is 1.50. The number of halogens is 1. The van der Waals surface area contributed by atoms with E-state index in [0.29, 0.717) is 0 Å². The van der Waals surface area contributed by atoms with Crippen molar-refractivity contribution in [3.8, 4) is 0 Å². The topological polar surface area (TPSA) is 44.0 Å². The van der Waals surface area contributed by atoms with E-state index in [-0.39, 0.29) is 12.0 Å². The molecule has 0 radical (unpaired) electrons. The van der Waals surface area contributed by atoms with Crippen LogP contribution in [0.25, 0.3) is 11.0 Å². The van der Waals surface area contributed by atoms with Crippen LogP contribution in [0, 0.1) is 5.82 Å². The summed E-state index contributed by atoms with van der Waals surface area (Å²) >= 11 is 0. The SMILES string of the molecule is Fc1ccc(CN2CCCCC2Nc2nc3ccccc3[nH]2)cc1. The van der Waals surface area contributed by atoms with E-state index in [9.17, 15) is 4.39 Å². The number of aromatic amines is 1. The van der Waals surface area contributed by atoms with E-state index < -0.39 is 0 Å². The maximum Gasteiger partial charge on any atom is 0.202 e. The molecule has 1 saturated heterocycles. The number of benzene rings is 2. The molecular formula is C19H21FN4. The molecule has 1 unspecified atom stereocenters. The van der Waals surface area contributed by atoms with Gasteiger partial charge in [0.15, 0.2) is 0 Å². The molecule has 3 aromatic rings. The lowest BCUT2D eigenvalue weighted by Crippen LogP contribution is -2.44. The Kier molecular flexibility index (Phi) is 4.17. The summed E-state index contributed by atoms with van der Waals surface area (Å²) in [6, 6.07) is 14.8. The van der Waals surface area contributed by atoms with Gasteiger partial charge in [-0.25, -0.2) is 9.37 Å². The molecule has 0 spiro atoms. The molecular weight excluding hydrogens is 303 g/mol. The van der Waals surface area contributed by atoms with E-state index in [4.69, 9.17) is 0 Å². The van der Waals surface area contributed by atoms with Crippen molar-refractivity contribution in [1.82, 2.24) is 14.9 Å². The molecule has 0 amide bonds. The normalized spacial score (nSPS) is 18.8. The molecule has 5 heteroatoms. The van der Waals surface area contributed by atoms with Crippen LogP contribution in [0.3, 0.4) is 0 Å². The Labute approximate surface area is 140 Å². The fraction of sp³-hybridized carbons (Fsp3) is 0.316. The lowest BCUT2D eigenvalue weighted by Gasteiger charge is -2.36. The second-order valence-electron chi connectivity index (χ2n) is 6.36. The molecule has 2 aromatic carbocycles. The second-order valence-corrected chi connectivity index (χ2v) is 6.36. The van der Waals surface area contributed by atoms with Crippen molar-refractivity contribution in [3.63, 3.8) is 0 Å². The lowest BCUT2D eigenvalue weighted by molar-refractivity contribution is 0.158. The fourth-order valence-corrected chi connectivity index (χ4v) is 3.35. The minimum Gasteiger partial charge on any atom is -0.340 e. The molecule has 1 aliphatic rings. The van der Waals surface area contributed by atoms with Crippen LogP contribution in [0.4, 0.5) is 10.3 Å². The molecule has 4 rings (SSSR count). The summed E-state index contributed by atoms with van der Waals surface area (Å²) in [5, 5.41) is 3.54. The van der Waals surface area contributed by atoms with Gasteiger partial charge in [0, 0.05) is 13.1 Å². The predicted molar refractivity (Wildman–Crippen MR) is 94.2 cm³/mol.